The summed E-state index contributed by atoms with van der Waals surface area (Å²) in [6.45, 7) is 1.94. The van der Waals surface area contributed by atoms with Gasteiger partial charge in [0.25, 0.3) is 0 Å². The summed E-state index contributed by atoms with van der Waals surface area (Å²) in [4.78, 5) is 0.339. The molecule has 122 valence electrons. The fourth-order valence-corrected chi connectivity index (χ4v) is 4.15. The number of fused-ring (bicyclic) bond motifs is 1. The van der Waals surface area contributed by atoms with Crippen molar-refractivity contribution in [2.75, 3.05) is 12.5 Å². The van der Waals surface area contributed by atoms with Crippen LogP contribution in [0.1, 0.15) is 17.5 Å². The number of anilines is 1. The monoisotopic (exact) mass is 332 g/mol. The van der Waals surface area contributed by atoms with Gasteiger partial charge >= 0.3 is 0 Å². The van der Waals surface area contributed by atoms with Crippen molar-refractivity contribution in [1.82, 2.24) is 5.43 Å². The summed E-state index contributed by atoms with van der Waals surface area (Å²) >= 11 is 0. The largest absolute Gasteiger partial charge is 0.497 e. The summed E-state index contributed by atoms with van der Waals surface area (Å²) in [5, 5.41) is -0.677. The van der Waals surface area contributed by atoms with Crippen LogP contribution < -0.4 is 15.6 Å². The van der Waals surface area contributed by atoms with E-state index in [0.29, 0.717) is 17.7 Å². The van der Waals surface area contributed by atoms with E-state index in [9.17, 15) is 8.42 Å². The minimum atomic E-state index is -3.44. The van der Waals surface area contributed by atoms with Gasteiger partial charge in [-0.25, -0.2) is 13.8 Å². The van der Waals surface area contributed by atoms with Crippen molar-refractivity contribution in [3.63, 3.8) is 0 Å². The van der Waals surface area contributed by atoms with Gasteiger partial charge in [0.15, 0.2) is 9.84 Å². The number of ether oxygens (including phenoxy) is 1. The molecule has 1 aliphatic heterocycles. The molecular weight excluding hydrogens is 312 g/mol. The molecule has 1 heterocycles. The quantitative estimate of drug-likeness (QED) is 0.904. The van der Waals surface area contributed by atoms with E-state index in [0.717, 1.165) is 22.6 Å². The zero-order valence-electron chi connectivity index (χ0n) is 13.2. The summed E-state index contributed by atoms with van der Waals surface area (Å²) in [6, 6.07) is 12.6. The molecule has 0 aliphatic carbocycles. The third-order valence-corrected chi connectivity index (χ3v) is 6.11. The summed E-state index contributed by atoms with van der Waals surface area (Å²) in [5.74, 6) is 0.769. The molecule has 6 heteroatoms. The fourth-order valence-electron chi connectivity index (χ4n) is 2.67. The highest BCUT2D eigenvalue weighted by Crippen LogP contribution is 2.27. The molecule has 23 heavy (non-hydrogen) atoms. The lowest BCUT2D eigenvalue weighted by atomic mass is 10.1. The van der Waals surface area contributed by atoms with E-state index >= 15 is 0 Å². The Morgan fingerprint density at radius 3 is 2.57 bits per heavy atom. The van der Waals surface area contributed by atoms with E-state index in [1.807, 2.05) is 37.3 Å². The first-order valence-electron chi connectivity index (χ1n) is 7.50. The van der Waals surface area contributed by atoms with Gasteiger partial charge in [0.2, 0.25) is 0 Å². The molecule has 3 rings (SSSR count). The topological polar surface area (TPSA) is 67.4 Å². The van der Waals surface area contributed by atoms with Crippen LogP contribution in [0.15, 0.2) is 47.4 Å². The minimum absolute atomic E-state index is 0.339. The van der Waals surface area contributed by atoms with Gasteiger partial charge in [-0.3, -0.25) is 0 Å². The molecule has 1 atom stereocenters. The number of sulfone groups is 1. The molecule has 0 saturated carbocycles. The average molecular weight is 332 g/mol. The Labute approximate surface area is 136 Å². The fraction of sp³-hybridized carbons (Fsp3) is 0.294. The number of hydrazine groups is 1. The highest BCUT2D eigenvalue weighted by Gasteiger charge is 2.29. The van der Waals surface area contributed by atoms with Gasteiger partial charge in [0.1, 0.15) is 11.1 Å². The van der Waals surface area contributed by atoms with Gasteiger partial charge in [0.05, 0.1) is 17.7 Å². The number of rotatable bonds is 3. The number of nitrogens with one attached hydrogen (secondary N) is 2. The Morgan fingerprint density at radius 1 is 1.13 bits per heavy atom. The number of methoxy groups -OCH3 is 1. The predicted molar refractivity (Wildman–Crippen MR) is 90.2 cm³/mol. The van der Waals surface area contributed by atoms with Gasteiger partial charge in [-0.05, 0) is 55.7 Å². The molecule has 0 amide bonds. The predicted octanol–water partition coefficient (Wildman–Crippen LogP) is 2.67. The van der Waals surface area contributed by atoms with Crippen LogP contribution in [0.5, 0.6) is 5.75 Å². The molecular formula is C17H20N2O3S. The van der Waals surface area contributed by atoms with Crippen molar-refractivity contribution in [2.45, 2.75) is 30.0 Å². The van der Waals surface area contributed by atoms with Gasteiger partial charge in [0, 0.05) is 0 Å². The SMILES string of the molecule is COc1ccc2c(c1)CCC(S(=O)(=O)c1ccc(C)cc1)NN2. The van der Waals surface area contributed by atoms with Crippen molar-refractivity contribution in [1.29, 1.82) is 0 Å². The van der Waals surface area contributed by atoms with Gasteiger partial charge in [-0.1, -0.05) is 17.7 Å². The maximum Gasteiger partial charge on any atom is 0.195 e. The highest BCUT2D eigenvalue weighted by molar-refractivity contribution is 7.92. The molecule has 1 unspecified atom stereocenters. The number of hydrogen-bond acceptors (Lipinski definition) is 5. The van der Waals surface area contributed by atoms with Crippen LogP contribution in [-0.4, -0.2) is 20.9 Å². The van der Waals surface area contributed by atoms with Crippen molar-refractivity contribution in [3.05, 3.63) is 53.6 Å². The number of benzene rings is 2. The molecule has 0 radical (unpaired) electrons. The van der Waals surface area contributed by atoms with Crippen LogP contribution in [0.3, 0.4) is 0 Å². The Kier molecular flexibility index (Phi) is 4.28. The van der Waals surface area contributed by atoms with Gasteiger partial charge in [-0.2, -0.15) is 0 Å². The van der Waals surface area contributed by atoms with E-state index in [4.69, 9.17) is 4.74 Å². The second-order valence-corrected chi connectivity index (χ2v) is 7.81. The number of aryl methyl sites for hydroxylation is 2. The maximum atomic E-state index is 12.8. The third-order valence-electron chi connectivity index (χ3n) is 4.08. The Morgan fingerprint density at radius 2 is 1.87 bits per heavy atom. The molecule has 0 fully saturated rings. The van der Waals surface area contributed by atoms with E-state index in [1.54, 1.807) is 19.2 Å². The molecule has 2 aromatic carbocycles. The lowest BCUT2D eigenvalue weighted by Gasteiger charge is -2.17. The first-order chi connectivity index (χ1) is 11.0. The van der Waals surface area contributed by atoms with Crippen molar-refractivity contribution < 1.29 is 13.2 Å². The maximum absolute atomic E-state index is 12.8. The second kappa shape index (κ2) is 6.22. The minimum Gasteiger partial charge on any atom is -0.497 e. The average Bonchev–Trinajstić information content (AvgIpc) is 2.77. The molecule has 5 nitrogen and oxygen atoms in total. The van der Waals surface area contributed by atoms with E-state index in [-0.39, 0.29) is 0 Å². The van der Waals surface area contributed by atoms with Crippen LogP contribution in [0.25, 0.3) is 0 Å². The Hall–Kier alpha value is -2.05. The van der Waals surface area contributed by atoms with Crippen LogP contribution in [-0.2, 0) is 16.3 Å². The van der Waals surface area contributed by atoms with Crippen molar-refractivity contribution in [2.24, 2.45) is 0 Å². The first-order valence-corrected chi connectivity index (χ1v) is 9.04. The molecule has 0 spiro atoms. The van der Waals surface area contributed by atoms with Gasteiger partial charge < -0.3 is 10.2 Å². The highest BCUT2D eigenvalue weighted by atomic mass is 32.2. The molecule has 0 saturated heterocycles. The Bertz CT molecular complexity index is 801. The molecule has 2 N–H and O–H groups in total. The van der Waals surface area contributed by atoms with Gasteiger partial charge in [-0.15, -0.1) is 0 Å². The third kappa shape index (κ3) is 3.18. The normalized spacial score (nSPS) is 17.7. The zero-order valence-corrected chi connectivity index (χ0v) is 14.0. The Balaban J connectivity index is 1.85. The molecule has 0 aromatic heterocycles. The van der Waals surface area contributed by atoms with Crippen LogP contribution in [0.2, 0.25) is 0 Å². The van der Waals surface area contributed by atoms with Crippen LogP contribution in [0, 0.1) is 6.92 Å². The second-order valence-electron chi connectivity index (χ2n) is 5.68. The standard InChI is InChI=1S/C17H20N2O3S/c1-12-3-7-15(8-4-12)23(20,21)17-10-5-13-11-14(22-2)6-9-16(13)18-19-17/h3-4,6-9,11,17-19H,5,10H2,1-2H3. The summed E-state index contributed by atoms with van der Waals surface area (Å²) in [6.07, 6.45) is 1.14. The van der Waals surface area contributed by atoms with Crippen LogP contribution >= 0.6 is 0 Å². The summed E-state index contributed by atoms with van der Waals surface area (Å²) in [7, 11) is -1.82. The zero-order chi connectivity index (χ0) is 16.4. The van der Waals surface area contributed by atoms with E-state index in [2.05, 4.69) is 10.9 Å². The molecule has 2 aromatic rings. The smallest absolute Gasteiger partial charge is 0.195 e. The van der Waals surface area contributed by atoms with Crippen molar-refractivity contribution in [3.8, 4) is 5.75 Å². The van der Waals surface area contributed by atoms with E-state index < -0.39 is 15.2 Å². The summed E-state index contributed by atoms with van der Waals surface area (Å²) < 4.78 is 30.8. The summed E-state index contributed by atoms with van der Waals surface area (Å²) in [5.41, 5.74) is 8.94. The lowest BCUT2D eigenvalue weighted by Crippen LogP contribution is -2.39. The molecule has 0 bridgehead atoms. The first kappa shape index (κ1) is 15.8. The lowest BCUT2D eigenvalue weighted by molar-refractivity contribution is 0.414. The number of hydrogen-bond donors (Lipinski definition) is 2. The van der Waals surface area contributed by atoms with Crippen LogP contribution in [0.4, 0.5) is 5.69 Å². The molecule has 1 aliphatic rings. The van der Waals surface area contributed by atoms with E-state index in [1.165, 1.54) is 0 Å². The van der Waals surface area contributed by atoms with Crippen molar-refractivity contribution >= 4 is 15.5 Å².